The Kier molecular flexibility index (Phi) is 4.58. The number of benzene rings is 1. The Hall–Kier alpha value is -2.07. The van der Waals surface area contributed by atoms with Gasteiger partial charge in [0.25, 0.3) is 0 Å². The van der Waals surface area contributed by atoms with Crippen molar-refractivity contribution < 1.29 is 9.47 Å². The lowest BCUT2D eigenvalue weighted by atomic mass is 9.98. The summed E-state index contributed by atoms with van der Waals surface area (Å²) in [5.74, 6) is 1.43. The maximum atomic E-state index is 6.30. The van der Waals surface area contributed by atoms with Crippen LogP contribution in [0.1, 0.15) is 22.7 Å². The van der Waals surface area contributed by atoms with Crippen LogP contribution in [0.5, 0.6) is 11.6 Å². The number of rotatable bonds is 5. The van der Waals surface area contributed by atoms with Gasteiger partial charge in [-0.1, -0.05) is 23.8 Å². The lowest BCUT2D eigenvalue weighted by Crippen LogP contribution is -2.15. The van der Waals surface area contributed by atoms with Crippen molar-refractivity contribution in [2.24, 2.45) is 5.73 Å². The molecule has 1 unspecified atom stereocenters. The number of nitrogens with zero attached hydrogens (tertiary/aromatic N) is 1. The third-order valence-electron chi connectivity index (χ3n) is 3.27. The van der Waals surface area contributed by atoms with Crippen molar-refractivity contribution in [3.63, 3.8) is 0 Å². The van der Waals surface area contributed by atoms with E-state index in [0.29, 0.717) is 12.3 Å². The quantitative estimate of drug-likeness (QED) is 0.909. The second-order valence-corrected chi connectivity index (χ2v) is 4.73. The summed E-state index contributed by atoms with van der Waals surface area (Å²) in [6.45, 7) is 2.05. The Morgan fingerprint density at radius 2 is 2.00 bits per heavy atom. The van der Waals surface area contributed by atoms with Crippen LogP contribution in [-0.4, -0.2) is 19.2 Å². The van der Waals surface area contributed by atoms with E-state index in [2.05, 4.69) is 18.0 Å². The molecule has 2 N–H and O–H groups in total. The number of aryl methyl sites for hydroxylation is 1. The normalized spacial score (nSPS) is 12.0. The molecule has 0 bridgehead atoms. The zero-order chi connectivity index (χ0) is 14.5. The molecule has 0 fully saturated rings. The molecule has 20 heavy (non-hydrogen) atoms. The molecule has 0 aliphatic heterocycles. The van der Waals surface area contributed by atoms with Gasteiger partial charge in [-0.2, -0.15) is 0 Å². The maximum Gasteiger partial charge on any atom is 0.217 e. The summed E-state index contributed by atoms with van der Waals surface area (Å²) in [4.78, 5) is 4.19. The molecule has 0 saturated carbocycles. The van der Waals surface area contributed by atoms with Gasteiger partial charge in [0.15, 0.2) is 0 Å². The van der Waals surface area contributed by atoms with Crippen LogP contribution in [0.3, 0.4) is 0 Å². The van der Waals surface area contributed by atoms with Crippen molar-refractivity contribution in [3.8, 4) is 11.6 Å². The second-order valence-electron chi connectivity index (χ2n) is 4.73. The Labute approximate surface area is 119 Å². The third-order valence-corrected chi connectivity index (χ3v) is 3.27. The molecular formula is C16H20N2O2. The molecule has 0 amide bonds. The molecule has 2 aromatic rings. The van der Waals surface area contributed by atoms with E-state index in [-0.39, 0.29) is 6.04 Å². The minimum absolute atomic E-state index is 0.186. The summed E-state index contributed by atoms with van der Waals surface area (Å²) in [5.41, 5.74) is 9.48. The van der Waals surface area contributed by atoms with Gasteiger partial charge in [0.05, 0.1) is 14.2 Å². The third kappa shape index (κ3) is 3.08. The fourth-order valence-corrected chi connectivity index (χ4v) is 2.27. The predicted molar refractivity (Wildman–Crippen MR) is 79.2 cm³/mol. The fraction of sp³-hybridized carbons (Fsp3) is 0.312. The molecule has 0 aliphatic carbocycles. The molecule has 1 aromatic carbocycles. The van der Waals surface area contributed by atoms with E-state index in [4.69, 9.17) is 15.2 Å². The van der Waals surface area contributed by atoms with Crippen molar-refractivity contribution in [2.75, 3.05) is 14.2 Å². The first-order chi connectivity index (χ1) is 9.65. The second kappa shape index (κ2) is 6.39. The Balaban J connectivity index is 2.27. The van der Waals surface area contributed by atoms with Gasteiger partial charge in [0.1, 0.15) is 5.75 Å². The fourth-order valence-electron chi connectivity index (χ4n) is 2.27. The van der Waals surface area contributed by atoms with Crippen molar-refractivity contribution in [1.29, 1.82) is 0 Å². The first-order valence-corrected chi connectivity index (χ1v) is 6.53. The SMILES string of the molecule is COc1ccc(C)cc1CC(N)c1cccnc1OC. The summed E-state index contributed by atoms with van der Waals surface area (Å²) in [6, 6.07) is 9.72. The first kappa shape index (κ1) is 14.3. The number of ether oxygens (including phenoxy) is 2. The molecule has 2 rings (SSSR count). The average Bonchev–Trinajstić information content (AvgIpc) is 2.47. The lowest BCUT2D eigenvalue weighted by Gasteiger charge is -2.16. The molecule has 4 nitrogen and oxygen atoms in total. The largest absolute Gasteiger partial charge is 0.496 e. The standard InChI is InChI=1S/C16H20N2O2/c1-11-6-7-15(19-2)12(9-11)10-14(17)13-5-4-8-18-16(13)20-3/h4-9,14H,10,17H2,1-3H3. The van der Waals surface area contributed by atoms with Gasteiger partial charge in [0, 0.05) is 17.8 Å². The van der Waals surface area contributed by atoms with Crippen molar-refractivity contribution in [1.82, 2.24) is 4.98 Å². The Bertz CT molecular complexity index is 584. The topological polar surface area (TPSA) is 57.4 Å². The van der Waals surface area contributed by atoms with Crippen LogP contribution < -0.4 is 15.2 Å². The van der Waals surface area contributed by atoms with Crippen LogP contribution in [0.25, 0.3) is 0 Å². The van der Waals surface area contributed by atoms with Gasteiger partial charge in [-0.05, 0) is 31.0 Å². The number of pyridine rings is 1. The van der Waals surface area contributed by atoms with Crippen LogP contribution in [0.15, 0.2) is 36.5 Å². The summed E-state index contributed by atoms with van der Waals surface area (Å²) < 4.78 is 10.7. The van der Waals surface area contributed by atoms with E-state index < -0.39 is 0 Å². The van der Waals surface area contributed by atoms with E-state index in [1.807, 2.05) is 24.3 Å². The highest BCUT2D eigenvalue weighted by atomic mass is 16.5. The summed E-state index contributed by atoms with van der Waals surface area (Å²) in [6.07, 6.45) is 2.37. The molecule has 1 atom stereocenters. The van der Waals surface area contributed by atoms with Crippen LogP contribution in [-0.2, 0) is 6.42 Å². The number of hydrogen-bond acceptors (Lipinski definition) is 4. The van der Waals surface area contributed by atoms with Crippen LogP contribution in [0, 0.1) is 6.92 Å². The van der Waals surface area contributed by atoms with Crippen LogP contribution in [0.2, 0.25) is 0 Å². The molecule has 0 saturated heterocycles. The smallest absolute Gasteiger partial charge is 0.217 e. The van der Waals surface area contributed by atoms with E-state index in [1.165, 1.54) is 5.56 Å². The number of nitrogens with two attached hydrogens (primary N) is 1. The van der Waals surface area contributed by atoms with E-state index >= 15 is 0 Å². The predicted octanol–water partition coefficient (Wildman–Crippen LogP) is 2.65. The van der Waals surface area contributed by atoms with Crippen molar-refractivity contribution in [2.45, 2.75) is 19.4 Å². The first-order valence-electron chi connectivity index (χ1n) is 6.53. The maximum absolute atomic E-state index is 6.30. The highest BCUT2D eigenvalue weighted by Crippen LogP contribution is 2.28. The van der Waals surface area contributed by atoms with Gasteiger partial charge < -0.3 is 15.2 Å². The number of aromatic nitrogens is 1. The molecule has 0 radical (unpaired) electrons. The van der Waals surface area contributed by atoms with Gasteiger partial charge >= 0.3 is 0 Å². The van der Waals surface area contributed by atoms with Crippen molar-refractivity contribution >= 4 is 0 Å². The molecule has 0 aliphatic rings. The van der Waals surface area contributed by atoms with Gasteiger partial charge in [-0.3, -0.25) is 0 Å². The molecule has 106 valence electrons. The molecule has 0 spiro atoms. The van der Waals surface area contributed by atoms with Gasteiger partial charge in [-0.15, -0.1) is 0 Å². The average molecular weight is 272 g/mol. The molecule has 1 heterocycles. The monoisotopic (exact) mass is 272 g/mol. The summed E-state index contributed by atoms with van der Waals surface area (Å²) in [7, 11) is 3.27. The van der Waals surface area contributed by atoms with E-state index in [9.17, 15) is 0 Å². The highest BCUT2D eigenvalue weighted by Gasteiger charge is 2.15. The summed E-state index contributed by atoms with van der Waals surface area (Å²) >= 11 is 0. The number of hydrogen-bond donors (Lipinski definition) is 1. The zero-order valence-electron chi connectivity index (χ0n) is 12.1. The Morgan fingerprint density at radius 3 is 2.70 bits per heavy atom. The van der Waals surface area contributed by atoms with Gasteiger partial charge in [0.2, 0.25) is 5.88 Å². The van der Waals surface area contributed by atoms with E-state index in [1.54, 1.807) is 20.4 Å². The zero-order valence-corrected chi connectivity index (χ0v) is 12.1. The molecule has 1 aromatic heterocycles. The van der Waals surface area contributed by atoms with Crippen LogP contribution in [0.4, 0.5) is 0 Å². The lowest BCUT2D eigenvalue weighted by molar-refractivity contribution is 0.386. The minimum Gasteiger partial charge on any atom is -0.496 e. The van der Waals surface area contributed by atoms with Crippen LogP contribution >= 0.6 is 0 Å². The minimum atomic E-state index is -0.186. The Morgan fingerprint density at radius 1 is 1.20 bits per heavy atom. The van der Waals surface area contributed by atoms with Crippen molar-refractivity contribution in [3.05, 3.63) is 53.2 Å². The van der Waals surface area contributed by atoms with Gasteiger partial charge in [-0.25, -0.2) is 4.98 Å². The van der Waals surface area contributed by atoms with E-state index in [0.717, 1.165) is 16.9 Å². The molecule has 4 heteroatoms. The number of methoxy groups -OCH3 is 2. The highest BCUT2D eigenvalue weighted by molar-refractivity contribution is 5.39. The molecular weight excluding hydrogens is 252 g/mol. The summed E-state index contributed by atoms with van der Waals surface area (Å²) in [5, 5.41) is 0.